The Morgan fingerprint density at radius 1 is 1.40 bits per heavy atom. The smallest absolute Gasteiger partial charge is 0.261 e. The standard InChI is InChI=1S/C15H23IN2O2/c1-4-6-7-8-10(3)17-14(19)11-9-12(16)13(5-2)18-15(11)20/h9-10H,4-8H2,1-3H3,(H,17,19)(H,18,20)/t10-/m1/s1. The highest BCUT2D eigenvalue weighted by atomic mass is 127. The predicted octanol–water partition coefficient (Wildman–Crippen LogP) is 3.24. The lowest BCUT2D eigenvalue weighted by Crippen LogP contribution is -2.36. The minimum atomic E-state index is -0.305. The van der Waals surface area contributed by atoms with Gasteiger partial charge in [-0.05, 0) is 48.4 Å². The van der Waals surface area contributed by atoms with Gasteiger partial charge in [0.05, 0.1) is 0 Å². The zero-order valence-corrected chi connectivity index (χ0v) is 14.5. The van der Waals surface area contributed by atoms with Crippen molar-refractivity contribution in [1.82, 2.24) is 10.3 Å². The van der Waals surface area contributed by atoms with Gasteiger partial charge in [0, 0.05) is 15.3 Å². The van der Waals surface area contributed by atoms with Gasteiger partial charge >= 0.3 is 0 Å². The lowest BCUT2D eigenvalue weighted by molar-refractivity contribution is 0.0936. The molecule has 0 fully saturated rings. The van der Waals surface area contributed by atoms with E-state index in [9.17, 15) is 9.59 Å². The topological polar surface area (TPSA) is 62.0 Å². The number of carbonyl (C=O) groups is 1. The van der Waals surface area contributed by atoms with Crippen LogP contribution in [0, 0.1) is 3.57 Å². The summed E-state index contributed by atoms with van der Waals surface area (Å²) in [5, 5.41) is 2.90. The van der Waals surface area contributed by atoms with Crippen molar-refractivity contribution in [2.75, 3.05) is 0 Å². The quantitative estimate of drug-likeness (QED) is 0.555. The molecule has 0 aliphatic carbocycles. The van der Waals surface area contributed by atoms with Gasteiger partial charge in [0.25, 0.3) is 11.5 Å². The Morgan fingerprint density at radius 3 is 2.70 bits per heavy atom. The largest absolute Gasteiger partial charge is 0.349 e. The number of H-pyrrole nitrogens is 1. The summed E-state index contributed by atoms with van der Waals surface area (Å²) in [6.45, 7) is 6.11. The molecule has 1 heterocycles. The number of hydrogen-bond donors (Lipinski definition) is 2. The number of nitrogens with one attached hydrogen (secondary N) is 2. The molecular weight excluding hydrogens is 367 g/mol. The number of hydrogen-bond acceptors (Lipinski definition) is 2. The monoisotopic (exact) mass is 390 g/mol. The summed E-state index contributed by atoms with van der Waals surface area (Å²) in [7, 11) is 0. The molecule has 0 radical (unpaired) electrons. The summed E-state index contributed by atoms with van der Waals surface area (Å²) >= 11 is 2.15. The van der Waals surface area contributed by atoms with E-state index in [0.717, 1.165) is 34.9 Å². The van der Waals surface area contributed by atoms with E-state index in [-0.39, 0.29) is 23.1 Å². The maximum absolute atomic E-state index is 12.1. The van der Waals surface area contributed by atoms with E-state index in [1.54, 1.807) is 6.07 Å². The predicted molar refractivity (Wildman–Crippen MR) is 90.2 cm³/mol. The lowest BCUT2D eigenvalue weighted by atomic mass is 10.1. The van der Waals surface area contributed by atoms with Gasteiger partial charge in [-0.1, -0.05) is 33.1 Å². The second-order valence-electron chi connectivity index (χ2n) is 5.06. The highest BCUT2D eigenvalue weighted by Gasteiger charge is 2.15. The first kappa shape index (κ1) is 17.2. The fraction of sp³-hybridized carbons (Fsp3) is 0.600. The molecule has 0 unspecified atom stereocenters. The summed E-state index contributed by atoms with van der Waals surface area (Å²) in [5.74, 6) is -0.282. The number of carbonyl (C=O) groups excluding carboxylic acids is 1. The normalized spacial score (nSPS) is 12.2. The van der Waals surface area contributed by atoms with Crippen molar-refractivity contribution in [2.24, 2.45) is 0 Å². The number of aromatic nitrogens is 1. The van der Waals surface area contributed by atoms with Gasteiger partial charge in [0.1, 0.15) is 5.56 Å². The van der Waals surface area contributed by atoms with Crippen LogP contribution in [-0.4, -0.2) is 16.9 Å². The van der Waals surface area contributed by atoms with E-state index >= 15 is 0 Å². The molecule has 0 aliphatic heterocycles. The van der Waals surface area contributed by atoms with Crippen LogP contribution in [0.2, 0.25) is 0 Å². The third-order valence-corrected chi connectivity index (χ3v) is 4.25. The van der Waals surface area contributed by atoms with E-state index in [4.69, 9.17) is 0 Å². The van der Waals surface area contributed by atoms with Gasteiger partial charge in [-0.15, -0.1) is 0 Å². The van der Waals surface area contributed by atoms with Crippen LogP contribution in [0.5, 0.6) is 0 Å². The molecule has 4 nitrogen and oxygen atoms in total. The zero-order chi connectivity index (χ0) is 15.1. The molecular formula is C15H23IN2O2. The second-order valence-corrected chi connectivity index (χ2v) is 6.22. The van der Waals surface area contributed by atoms with Crippen LogP contribution in [0.1, 0.15) is 62.5 Å². The van der Waals surface area contributed by atoms with Gasteiger partial charge < -0.3 is 10.3 Å². The zero-order valence-electron chi connectivity index (χ0n) is 12.4. The fourth-order valence-corrected chi connectivity index (χ4v) is 2.87. The molecule has 1 rings (SSSR count). The molecule has 5 heteroatoms. The van der Waals surface area contributed by atoms with Crippen LogP contribution >= 0.6 is 22.6 Å². The van der Waals surface area contributed by atoms with Crippen molar-refractivity contribution in [3.8, 4) is 0 Å². The highest BCUT2D eigenvalue weighted by molar-refractivity contribution is 14.1. The second kappa shape index (κ2) is 8.44. The summed E-state index contributed by atoms with van der Waals surface area (Å²) in [6.07, 6.45) is 5.13. The summed E-state index contributed by atoms with van der Waals surface area (Å²) < 4.78 is 0.925. The Morgan fingerprint density at radius 2 is 2.10 bits per heavy atom. The SMILES string of the molecule is CCCCC[C@@H](C)NC(=O)c1cc(I)c(CC)[nH]c1=O. The minimum Gasteiger partial charge on any atom is -0.349 e. The summed E-state index contributed by atoms with van der Waals surface area (Å²) in [5.41, 5.74) is 0.776. The molecule has 1 aromatic rings. The Hall–Kier alpha value is -0.850. The molecule has 0 spiro atoms. The number of halogens is 1. The van der Waals surface area contributed by atoms with Crippen LogP contribution in [0.3, 0.4) is 0 Å². The van der Waals surface area contributed by atoms with Crippen molar-refractivity contribution >= 4 is 28.5 Å². The molecule has 1 aromatic heterocycles. The molecule has 0 bridgehead atoms. The Balaban J connectivity index is 2.73. The molecule has 0 aliphatic rings. The van der Waals surface area contributed by atoms with Crippen molar-refractivity contribution in [2.45, 2.75) is 58.9 Å². The number of rotatable bonds is 7. The molecule has 0 saturated carbocycles. The molecule has 112 valence electrons. The minimum absolute atomic E-state index is 0.0944. The average molecular weight is 390 g/mol. The van der Waals surface area contributed by atoms with Crippen LogP contribution in [0.15, 0.2) is 10.9 Å². The van der Waals surface area contributed by atoms with Gasteiger partial charge in [-0.3, -0.25) is 9.59 Å². The van der Waals surface area contributed by atoms with E-state index < -0.39 is 0 Å². The van der Waals surface area contributed by atoms with Gasteiger partial charge in [-0.2, -0.15) is 0 Å². The van der Waals surface area contributed by atoms with Crippen LogP contribution < -0.4 is 10.9 Å². The first-order valence-electron chi connectivity index (χ1n) is 7.22. The van der Waals surface area contributed by atoms with Gasteiger partial charge in [0.15, 0.2) is 0 Å². The number of pyridine rings is 1. The van der Waals surface area contributed by atoms with Crippen molar-refractivity contribution in [3.05, 3.63) is 31.2 Å². The van der Waals surface area contributed by atoms with E-state index in [1.165, 1.54) is 6.42 Å². The van der Waals surface area contributed by atoms with Gasteiger partial charge in [0.2, 0.25) is 0 Å². The Kier molecular flexibility index (Phi) is 7.26. The number of aromatic amines is 1. The van der Waals surface area contributed by atoms with Crippen LogP contribution in [0.4, 0.5) is 0 Å². The van der Waals surface area contributed by atoms with Crippen molar-refractivity contribution in [3.63, 3.8) is 0 Å². The molecule has 20 heavy (non-hydrogen) atoms. The molecule has 1 atom stereocenters. The molecule has 2 N–H and O–H groups in total. The van der Waals surface area contributed by atoms with Crippen molar-refractivity contribution in [1.29, 1.82) is 0 Å². The fourth-order valence-electron chi connectivity index (χ4n) is 2.04. The molecule has 0 aromatic carbocycles. The Bertz CT molecular complexity index is 511. The van der Waals surface area contributed by atoms with Crippen molar-refractivity contribution < 1.29 is 4.79 Å². The summed E-state index contributed by atoms with van der Waals surface area (Å²) in [4.78, 5) is 26.8. The van der Waals surface area contributed by atoms with E-state index in [0.29, 0.717) is 0 Å². The third kappa shape index (κ3) is 4.92. The lowest BCUT2D eigenvalue weighted by Gasteiger charge is -2.13. The summed E-state index contributed by atoms with van der Waals surface area (Å²) in [6, 6.07) is 1.77. The highest BCUT2D eigenvalue weighted by Crippen LogP contribution is 2.10. The maximum Gasteiger partial charge on any atom is 0.261 e. The van der Waals surface area contributed by atoms with E-state index in [2.05, 4.69) is 39.8 Å². The Labute approximate surface area is 133 Å². The number of aryl methyl sites for hydroxylation is 1. The first-order valence-corrected chi connectivity index (χ1v) is 8.30. The molecule has 0 saturated heterocycles. The van der Waals surface area contributed by atoms with E-state index in [1.807, 2.05) is 13.8 Å². The third-order valence-electron chi connectivity index (χ3n) is 3.28. The van der Waals surface area contributed by atoms with Crippen LogP contribution in [0.25, 0.3) is 0 Å². The number of unbranched alkanes of at least 4 members (excludes halogenated alkanes) is 2. The van der Waals surface area contributed by atoms with Gasteiger partial charge in [-0.25, -0.2) is 0 Å². The molecule has 1 amide bonds. The maximum atomic E-state index is 12.1. The average Bonchev–Trinajstić information content (AvgIpc) is 2.41. The van der Waals surface area contributed by atoms with Crippen LogP contribution in [-0.2, 0) is 6.42 Å². The first-order chi connectivity index (χ1) is 9.49. The number of amides is 1.